The Morgan fingerprint density at radius 3 is 2.54 bits per heavy atom. The van der Waals surface area contributed by atoms with Crippen molar-refractivity contribution in [3.05, 3.63) is 89.0 Å². The first-order valence-electron chi connectivity index (χ1n) is 21.2. The van der Waals surface area contributed by atoms with Crippen molar-refractivity contribution < 1.29 is 47.3 Å². The number of halogens is 2. The lowest BCUT2D eigenvalue weighted by atomic mass is 10.0. The van der Waals surface area contributed by atoms with E-state index in [9.17, 15) is 28.4 Å². The largest absolute Gasteiger partial charge is 0.494 e. The van der Waals surface area contributed by atoms with Crippen molar-refractivity contribution in [2.45, 2.75) is 49.2 Å². The molecule has 4 aromatic rings. The molecule has 2 fully saturated rings. The highest BCUT2D eigenvalue weighted by Crippen LogP contribution is 2.35. The first-order valence-corrected chi connectivity index (χ1v) is 22.6. The van der Waals surface area contributed by atoms with Crippen LogP contribution >= 0.6 is 23.4 Å². The fourth-order valence-electron chi connectivity index (χ4n) is 7.68. The van der Waals surface area contributed by atoms with E-state index in [1.165, 1.54) is 37.7 Å². The summed E-state index contributed by atoms with van der Waals surface area (Å²) in [4.78, 5) is 75.8. The monoisotopic (exact) mass is 932 g/mol. The summed E-state index contributed by atoms with van der Waals surface area (Å²) in [6, 6.07) is 12.6. The maximum Gasteiger partial charge on any atom is 0.255 e. The summed E-state index contributed by atoms with van der Waals surface area (Å²) in [7, 11) is 1.50. The standard InChI is InChI=1S/C45H50ClFN8O9S/c1-61-38-24-35-31(43(49-27-48-35)51-29-7-8-34(47)33(46)22-29)23-36(38)52-40(56)6-3-13-54-14-11-28(12-15-54)50-42(58)26-64-19-18-62-16-17-63-20-21-65-39-5-2-4-30-32(39)25-55(45(30)60)37-9-10-41(57)53-44(37)59/h2-8,22-24,27-28,37H,9-21,25-26H2,1H3,(H,50,58)(H,52,56)(H,48,49,51)(H,53,57,59)/b6-3+. The van der Waals surface area contributed by atoms with Gasteiger partial charge in [-0.15, -0.1) is 11.8 Å². The van der Waals surface area contributed by atoms with E-state index >= 15 is 0 Å². The number of nitrogens with one attached hydrogen (secondary N) is 4. The van der Waals surface area contributed by atoms with Crippen molar-refractivity contribution in [2.24, 2.45) is 0 Å². The Balaban J connectivity index is 0.723. The van der Waals surface area contributed by atoms with Crippen LogP contribution in [0, 0.1) is 5.82 Å². The van der Waals surface area contributed by atoms with E-state index in [1.54, 1.807) is 40.9 Å². The molecule has 344 valence electrons. The molecule has 20 heteroatoms. The number of hydrogen-bond acceptors (Lipinski definition) is 14. The molecule has 17 nitrogen and oxygen atoms in total. The van der Waals surface area contributed by atoms with Gasteiger partial charge in [-0.05, 0) is 61.2 Å². The number of carbonyl (C=O) groups is 5. The van der Waals surface area contributed by atoms with Crippen LogP contribution in [0.25, 0.3) is 10.9 Å². The molecule has 5 amide bonds. The first-order chi connectivity index (χ1) is 31.6. The van der Waals surface area contributed by atoms with Gasteiger partial charge < -0.3 is 39.8 Å². The van der Waals surface area contributed by atoms with Crippen molar-refractivity contribution in [1.82, 2.24) is 30.4 Å². The fraction of sp³-hybridized carbons (Fsp3) is 0.400. The maximum absolute atomic E-state index is 13.7. The predicted molar refractivity (Wildman–Crippen MR) is 242 cm³/mol. The van der Waals surface area contributed by atoms with Crippen LogP contribution in [-0.2, 0) is 39.9 Å². The average Bonchev–Trinajstić information content (AvgIpc) is 3.63. The average molecular weight is 933 g/mol. The number of methoxy groups -OCH3 is 1. The van der Waals surface area contributed by atoms with Crippen LogP contribution in [0.3, 0.4) is 0 Å². The minimum atomic E-state index is -0.648. The van der Waals surface area contributed by atoms with Crippen LogP contribution in [0.4, 0.5) is 21.6 Å². The first kappa shape index (κ1) is 47.3. The molecule has 2 saturated heterocycles. The van der Waals surface area contributed by atoms with E-state index in [-0.39, 0.29) is 54.3 Å². The molecule has 7 rings (SSSR count). The second kappa shape index (κ2) is 23.0. The third-order valence-electron chi connectivity index (χ3n) is 11.0. The van der Waals surface area contributed by atoms with Gasteiger partial charge in [0, 0.05) is 78.1 Å². The highest BCUT2D eigenvalue weighted by atomic mass is 35.5. The van der Waals surface area contributed by atoms with Gasteiger partial charge in [0.25, 0.3) is 5.91 Å². The van der Waals surface area contributed by atoms with E-state index in [0.29, 0.717) is 91.1 Å². The van der Waals surface area contributed by atoms with E-state index < -0.39 is 17.8 Å². The molecule has 0 aliphatic carbocycles. The van der Waals surface area contributed by atoms with E-state index in [2.05, 4.69) is 36.1 Å². The minimum absolute atomic E-state index is 0.0304. The summed E-state index contributed by atoms with van der Waals surface area (Å²) in [6.45, 7) is 4.16. The molecule has 0 radical (unpaired) electrons. The Hall–Kier alpha value is -5.70. The van der Waals surface area contributed by atoms with E-state index in [1.807, 2.05) is 12.1 Å². The van der Waals surface area contributed by atoms with Crippen LogP contribution in [0.5, 0.6) is 5.75 Å². The van der Waals surface area contributed by atoms with Gasteiger partial charge in [0.2, 0.25) is 23.6 Å². The lowest BCUT2D eigenvalue weighted by molar-refractivity contribution is -0.137. The summed E-state index contributed by atoms with van der Waals surface area (Å²) < 4.78 is 36.0. The molecular formula is C45H50ClFN8O9S. The van der Waals surface area contributed by atoms with Crippen molar-refractivity contribution >= 4 is 81.0 Å². The number of benzene rings is 3. The highest BCUT2D eigenvalue weighted by Gasteiger charge is 2.39. The second-order valence-electron chi connectivity index (χ2n) is 15.4. The number of hydrogen-bond donors (Lipinski definition) is 4. The number of imide groups is 1. The minimum Gasteiger partial charge on any atom is -0.494 e. The number of likely N-dealkylation sites (tertiary alicyclic amines) is 1. The number of thioether (sulfide) groups is 1. The van der Waals surface area contributed by atoms with Crippen molar-refractivity contribution in [3.8, 4) is 5.75 Å². The molecule has 1 atom stereocenters. The molecule has 0 saturated carbocycles. The summed E-state index contributed by atoms with van der Waals surface area (Å²) in [5.74, 6) is -0.481. The van der Waals surface area contributed by atoms with Gasteiger partial charge in [-0.1, -0.05) is 23.7 Å². The number of ether oxygens (including phenoxy) is 4. The number of amides is 5. The van der Waals surface area contributed by atoms with E-state index in [4.69, 9.17) is 30.5 Å². The number of carbonyl (C=O) groups excluding carboxylic acids is 5. The summed E-state index contributed by atoms with van der Waals surface area (Å²) in [5, 5.41) is 11.9. The van der Waals surface area contributed by atoms with Gasteiger partial charge in [0.15, 0.2) is 0 Å². The van der Waals surface area contributed by atoms with E-state index in [0.717, 1.165) is 36.4 Å². The molecule has 4 N–H and O–H groups in total. The highest BCUT2D eigenvalue weighted by molar-refractivity contribution is 7.99. The number of anilines is 3. The number of rotatable bonds is 21. The predicted octanol–water partition coefficient (Wildman–Crippen LogP) is 4.85. The SMILES string of the molecule is COc1cc2ncnc(Nc3ccc(F)c(Cl)c3)c2cc1NC(=O)/C=C/CN1CCC(NC(=O)COCCOCCOCCSc2cccc3c2CN(C2CCC(=O)NC2=O)C3=O)CC1. The van der Waals surface area contributed by atoms with Crippen LogP contribution in [0.15, 0.2) is 71.9 Å². The molecule has 3 aliphatic heterocycles. The number of aromatic nitrogens is 2. The number of nitrogens with zero attached hydrogens (tertiary/aromatic N) is 4. The van der Waals surface area contributed by atoms with Crippen LogP contribution in [-0.4, -0.2) is 134 Å². The van der Waals surface area contributed by atoms with Gasteiger partial charge in [0.1, 0.15) is 36.4 Å². The van der Waals surface area contributed by atoms with Crippen molar-refractivity contribution in [1.29, 1.82) is 0 Å². The quantitative estimate of drug-likeness (QED) is 0.0382. The lowest BCUT2D eigenvalue weighted by Crippen LogP contribution is -2.52. The second-order valence-corrected chi connectivity index (χ2v) is 16.9. The molecule has 0 spiro atoms. The van der Waals surface area contributed by atoms with Gasteiger partial charge in [-0.2, -0.15) is 0 Å². The van der Waals surface area contributed by atoms with Crippen LogP contribution in [0.1, 0.15) is 41.6 Å². The smallest absolute Gasteiger partial charge is 0.255 e. The molecule has 3 aliphatic rings. The summed E-state index contributed by atoms with van der Waals surface area (Å²) in [6.07, 6.45) is 6.72. The van der Waals surface area contributed by atoms with Crippen molar-refractivity contribution in [3.63, 3.8) is 0 Å². The Labute approximate surface area is 384 Å². The zero-order valence-electron chi connectivity index (χ0n) is 35.7. The zero-order valence-corrected chi connectivity index (χ0v) is 37.3. The topological polar surface area (TPSA) is 203 Å². The summed E-state index contributed by atoms with van der Waals surface area (Å²) in [5.41, 5.74) is 2.99. The Bertz CT molecular complexity index is 2420. The van der Waals surface area contributed by atoms with Crippen LogP contribution < -0.4 is 26.0 Å². The van der Waals surface area contributed by atoms with Crippen molar-refractivity contribution in [2.75, 3.05) is 82.8 Å². The molecule has 3 aromatic carbocycles. The Morgan fingerprint density at radius 2 is 1.77 bits per heavy atom. The fourth-order valence-corrected chi connectivity index (χ4v) is 8.81. The van der Waals surface area contributed by atoms with Gasteiger partial charge in [-0.25, -0.2) is 14.4 Å². The zero-order chi connectivity index (χ0) is 45.7. The Morgan fingerprint density at radius 1 is 0.985 bits per heavy atom. The van der Waals surface area contributed by atoms with Gasteiger partial charge in [0.05, 0.1) is 56.4 Å². The molecule has 4 heterocycles. The lowest BCUT2D eigenvalue weighted by Gasteiger charge is -2.31. The van der Waals surface area contributed by atoms with Gasteiger partial charge in [-0.3, -0.25) is 34.2 Å². The third-order valence-corrected chi connectivity index (χ3v) is 12.3. The molecule has 0 bridgehead atoms. The molecular weight excluding hydrogens is 883 g/mol. The molecule has 65 heavy (non-hydrogen) atoms. The number of fused-ring (bicyclic) bond motifs is 2. The normalized spacial score (nSPS) is 16.8. The summed E-state index contributed by atoms with van der Waals surface area (Å²) >= 11 is 7.53. The molecule has 1 aromatic heterocycles. The molecule has 1 unspecified atom stereocenters. The third kappa shape index (κ3) is 12.8. The maximum atomic E-state index is 13.7. The van der Waals surface area contributed by atoms with Gasteiger partial charge >= 0.3 is 0 Å². The van der Waals surface area contributed by atoms with Crippen LogP contribution in [0.2, 0.25) is 5.02 Å². The Kier molecular flexibility index (Phi) is 16.7. The number of piperidine rings is 2.